The van der Waals surface area contributed by atoms with Crippen LogP contribution in [0.4, 0.5) is 5.95 Å². The zero-order valence-electron chi connectivity index (χ0n) is 16.6. The average molecular weight is 384 g/mol. The Bertz CT molecular complexity index is 813. The minimum Gasteiger partial charge on any atom is -0.469 e. The SMILES string of the molecule is CC1(C)Cc2nc(N3CCOCC3)ncc2[C@H](NC(=O)CCc2ccco2)C1. The molecule has 1 aliphatic heterocycles. The van der Waals surface area contributed by atoms with Gasteiger partial charge in [0.25, 0.3) is 0 Å². The van der Waals surface area contributed by atoms with E-state index in [0.29, 0.717) is 26.1 Å². The summed E-state index contributed by atoms with van der Waals surface area (Å²) in [6.45, 7) is 7.51. The van der Waals surface area contributed by atoms with E-state index in [-0.39, 0.29) is 17.4 Å². The van der Waals surface area contributed by atoms with Gasteiger partial charge in [0.15, 0.2) is 0 Å². The number of ether oxygens (including phenoxy) is 1. The van der Waals surface area contributed by atoms with Crippen molar-refractivity contribution in [2.75, 3.05) is 31.2 Å². The molecule has 150 valence electrons. The number of carbonyl (C=O) groups excluding carboxylic acids is 1. The average Bonchev–Trinajstić information content (AvgIpc) is 3.19. The van der Waals surface area contributed by atoms with E-state index in [1.165, 1.54) is 0 Å². The largest absolute Gasteiger partial charge is 0.469 e. The minimum atomic E-state index is -0.0541. The number of rotatable bonds is 5. The third-order valence-corrected chi connectivity index (χ3v) is 5.47. The first kappa shape index (κ1) is 18.9. The fourth-order valence-electron chi connectivity index (χ4n) is 4.04. The summed E-state index contributed by atoms with van der Waals surface area (Å²) in [7, 11) is 0. The predicted molar refractivity (Wildman–Crippen MR) is 105 cm³/mol. The van der Waals surface area contributed by atoms with Crippen LogP contribution in [0.3, 0.4) is 0 Å². The van der Waals surface area contributed by atoms with Crippen molar-refractivity contribution in [3.05, 3.63) is 41.6 Å². The van der Waals surface area contributed by atoms with Crippen molar-refractivity contribution < 1.29 is 13.9 Å². The van der Waals surface area contributed by atoms with E-state index in [2.05, 4.69) is 29.0 Å². The quantitative estimate of drug-likeness (QED) is 0.854. The summed E-state index contributed by atoms with van der Waals surface area (Å²) in [5.74, 6) is 1.63. The Balaban J connectivity index is 1.48. The van der Waals surface area contributed by atoms with Crippen LogP contribution >= 0.6 is 0 Å². The van der Waals surface area contributed by atoms with Gasteiger partial charge in [-0.2, -0.15) is 0 Å². The van der Waals surface area contributed by atoms with Gasteiger partial charge >= 0.3 is 0 Å². The third-order valence-electron chi connectivity index (χ3n) is 5.47. The Kier molecular flexibility index (Phi) is 5.35. The molecule has 28 heavy (non-hydrogen) atoms. The van der Waals surface area contributed by atoms with Crippen LogP contribution in [0.15, 0.2) is 29.0 Å². The minimum absolute atomic E-state index is 0.0299. The normalized spacial score (nSPS) is 21.2. The Hall–Kier alpha value is -2.41. The lowest BCUT2D eigenvalue weighted by Crippen LogP contribution is -2.39. The highest BCUT2D eigenvalue weighted by atomic mass is 16.5. The number of aromatic nitrogens is 2. The molecule has 2 aromatic rings. The van der Waals surface area contributed by atoms with Gasteiger partial charge in [0.05, 0.1) is 31.2 Å². The maximum absolute atomic E-state index is 12.5. The lowest BCUT2D eigenvalue weighted by atomic mass is 9.74. The molecular weight excluding hydrogens is 356 g/mol. The van der Waals surface area contributed by atoms with Gasteiger partial charge in [0.2, 0.25) is 11.9 Å². The lowest BCUT2D eigenvalue weighted by molar-refractivity contribution is -0.122. The molecule has 1 aliphatic carbocycles. The Morgan fingerprint density at radius 2 is 2.18 bits per heavy atom. The van der Waals surface area contributed by atoms with Crippen LogP contribution in [0.1, 0.15) is 49.7 Å². The smallest absolute Gasteiger partial charge is 0.225 e. The molecule has 0 spiro atoms. The molecular formula is C21H28N4O3. The summed E-state index contributed by atoms with van der Waals surface area (Å²) in [6, 6.07) is 3.69. The van der Waals surface area contributed by atoms with Crippen LogP contribution in [0.5, 0.6) is 0 Å². The van der Waals surface area contributed by atoms with Crippen molar-refractivity contribution in [3.8, 4) is 0 Å². The van der Waals surface area contributed by atoms with Gasteiger partial charge in [0.1, 0.15) is 5.76 Å². The van der Waals surface area contributed by atoms with E-state index in [9.17, 15) is 4.79 Å². The number of anilines is 1. The highest BCUT2D eigenvalue weighted by Crippen LogP contribution is 2.40. The van der Waals surface area contributed by atoms with Gasteiger partial charge in [-0.25, -0.2) is 9.97 Å². The second-order valence-corrected chi connectivity index (χ2v) is 8.42. The highest BCUT2D eigenvalue weighted by molar-refractivity contribution is 5.76. The molecule has 0 radical (unpaired) electrons. The van der Waals surface area contributed by atoms with E-state index in [1.807, 2.05) is 18.3 Å². The molecule has 1 fully saturated rings. The summed E-state index contributed by atoms with van der Waals surface area (Å²) >= 11 is 0. The molecule has 3 heterocycles. The number of nitrogens with zero attached hydrogens (tertiary/aromatic N) is 3. The van der Waals surface area contributed by atoms with Crippen LogP contribution in [-0.4, -0.2) is 42.2 Å². The number of aryl methyl sites for hydroxylation is 1. The Morgan fingerprint density at radius 1 is 1.36 bits per heavy atom. The van der Waals surface area contributed by atoms with E-state index in [0.717, 1.165) is 48.9 Å². The van der Waals surface area contributed by atoms with Crippen LogP contribution < -0.4 is 10.2 Å². The fraction of sp³-hybridized carbons (Fsp3) is 0.571. The van der Waals surface area contributed by atoms with E-state index in [1.54, 1.807) is 6.26 Å². The molecule has 0 unspecified atom stereocenters. The molecule has 2 aromatic heterocycles. The van der Waals surface area contributed by atoms with E-state index < -0.39 is 0 Å². The van der Waals surface area contributed by atoms with Gasteiger partial charge in [-0.1, -0.05) is 13.8 Å². The van der Waals surface area contributed by atoms with Gasteiger partial charge in [0, 0.05) is 37.7 Å². The zero-order chi connectivity index (χ0) is 19.6. The van der Waals surface area contributed by atoms with Crippen molar-refractivity contribution in [2.24, 2.45) is 5.41 Å². The van der Waals surface area contributed by atoms with Gasteiger partial charge < -0.3 is 19.4 Å². The maximum atomic E-state index is 12.5. The number of hydrogen-bond donors (Lipinski definition) is 1. The van der Waals surface area contributed by atoms with Gasteiger partial charge in [-0.3, -0.25) is 4.79 Å². The summed E-state index contributed by atoms with van der Waals surface area (Å²) in [6.07, 6.45) is 6.32. The van der Waals surface area contributed by atoms with Gasteiger partial charge in [-0.15, -0.1) is 0 Å². The number of hydrogen-bond acceptors (Lipinski definition) is 6. The van der Waals surface area contributed by atoms with Crippen LogP contribution in [0.2, 0.25) is 0 Å². The highest BCUT2D eigenvalue weighted by Gasteiger charge is 2.35. The molecule has 7 nitrogen and oxygen atoms in total. The number of furan rings is 1. The molecule has 7 heteroatoms. The number of carbonyl (C=O) groups is 1. The van der Waals surface area contributed by atoms with Crippen molar-refractivity contribution in [3.63, 3.8) is 0 Å². The fourth-order valence-corrected chi connectivity index (χ4v) is 4.04. The lowest BCUT2D eigenvalue weighted by Gasteiger charge is -2.37. The predicted octanol–water partition coefficient (Wildman–Crippen LogP) is 2.67. The summed E-state index contributed by atoms with van der Waals surface area (Å²) in [5, 5.41) is 3.20. The number of fused-ring (bicyclic) bond motifs is 1. The number of morpholine rings is 1. The topological polar surface area (TPSA) is 80.5 Å². The summed E-state index contributed by atoms with van der Waals surface area (Å²) < 4.78 is 10.7. The first-order chi connectivity index (χ1) is 13.5. The second kappa shape index (κ2) is 7.91. The Morgan fingerprint density at radius 3 is 2.93 bits per heavy atom. The van der Waals surface area contributed by atoms with Crippen LogP contribution in [-0.2, 0) is 22.4 Å². The monoisotopic (exact) mass is 384 g/mol. The van der Waals surface area contributed by atoms with E-state index >= 15 is 0 Å². The molecule has 0 aromatic carbocycles. The second-order valence-electron chi connectivity index (χ2n) is 8.42. The molecule has 4 rings (SSSR count). The van der Waals surface area contributed by atoms with Crippen molar-refractivity contribution in [2.45, 2.75) is 45.6 Å². The molecule has 0 saturated carbocycles. The first-order valence-electron chi connectivity index (χ1n) is 10.0. The molecule has 2 aliphatic rings. The number of nitrogens with one attached hydrogen (secondary N) is 1. The van der Waals surface area contributed by atoms with E-state index in [4.69, 9.17) is 14.1 Å². The van der Waals surface area contributed by atoms with Crippen LogP contribution in [0, 0.1) is 5.41 Å². The van der Waals surface area contributed by atoms with Crippen LogP contribution in [0.25, 0.3) is 0 Å². The summed E-state index contributed by atoms with van der Waals surface area (Å²) in [4.78, 5) is 24.2. The Labute approximate surface area is 165 Å². The third kappa shape index (κ3) is 4.35. The first-order valence-corrected chi connectivity index (χ1v) is 10.0. The maximum Gasteiger partial charge on any atom is 0.225 e. The standard InChI is InChI=1S/C21H28N4O3/c1-21(2)12-17(23-19(26)6-5-15-4-3-9-28-15)16-14-22-20(24-18(16)13-21)25-7-10-27-11-8-25/h3-4,9,14,17H,5-8,10-13H2,1-2H3,(H,23,26)/t17-/m1/s1. The zero-order valence-corrected chi connectivity index (χ0v) is 16.6. The molecule has 1 saturated heterocycles. The molecule has 1 N–H and O–H groups in total. The van der Waals surface area contributed by atoms with Gasteiger partial charge in [-0.05, 0) is 30.4 Å². The number of amides is 1. The molecule has 1 amide bonds. The van der Waals surface area contributed by atoms with Crippen molar-refractivity contribution in [1.82, 2.24) is 15.3 Å². The molecule has 1 atom stereocenters. The van der Waals surface area contributed by atoms with Crippen molar-refractivity contribution >= 4 is 11.9 Å². The van der Waals surface area contributed by atoms with Crippen molar-refractivity contribution in [1.29, 1.82) is 0 Å². The summed E-state index contributed by atoms with van der Waals surface area (Å²) in [5.41, 5.74) is 2.16. The molecule has 0 bridgehead atoms.